The van der Waals surface area contributed by atoms with Crippen LogP contribution < -0.4 is 19.1 Å². The van der Waals surface area contributed by atoms with Crippen LogP contribution in [-0.4, -0.2) is 41.1 Å². The van der Waals surface area contributed by atoms with Crippen LogP contribution in [0.2, 0.25) is 5.02 Å². The van der Waals surface area contributed by atoms with E-state index in [-0.39, 0.29) is 23.7 Å². The van der Waals surface area contributed by atoms with E-state index >= 15 is 0 Å². The van der Waals surface area contributed by atoms with E-state index < -0.39 is 22.5 Å². The Hall–Kier alpha value is -3.23. The minimum atomic E-state index is -4.02. The molecule has 0 unspecified atom stereocenters. The number of aryl methyl sites for hydroxylation is 1. The van der Waals surface area contributed by atoms with Crippen LogP contribution in [0.1, 0.15) is 5.56 Å². The number of para-hydroxylation sites is 2. The quantitative estimate of drug-likeness (QED) is 0.435. The van der Waals surface area contributed by atoms with E-state index in [9.17, 15) is 13.2 Å². The van der Waals surface area contributed by atoms with E-state index in [1.807, 2.05) is 13.0 Å². The van der Waals surface area contributed by atoms with Gasteiger partial charge in [0.15, 0.2) is 0 Å². The van der Waals surface area contributed by atoms with Gasteiger partial charge in [0.05, 0.1) is 24.2 Å². The molecule has 3 aromatic carbocycles. The fraction of sp³-hybridized carbons (Fsp3) is 0.208. The van der Waals surface area contributed by atoms with Crippen LogP contribution in [0.5, 0.6) is 11.5 Å². The monoisotopic (exact) mass is 488 g/mol. The number of hydrogen-bond donors (Lipinski definition) is 1. The molecule has 9 heteroatoms. The van der Waals surface area contributed by atoms with Crippen molar-refractivity contribution in [1.29, 1.82) is 0 Å². The highest BCUT2D eigenvalue weighted by molar-refractivity contribution is 7.92. The lowest BCUT2D eigenvalue weighted by atomic mass is 10.2. The summed E-state index contributed by atoms with van der Waals surface area (Å²) < 4.78 is 38.7. The maximum Gasteiger partial charge on any atom is 0.264 e. The van der Waals surface area contributed by atoms with Crippen LogP contribution in [0.3, 0.4) is 0 Å². The summed E-state index contributed by atoms with van der Waals surface area (Å²) in [5.41, 5.74) is 1.21. The van der Waals surface area contributed by atoms with Gasteiger partial charge in [0.2, 0.25) is 5.91 Å². The fourth-order valence-corrected chi connectivity index (χ4v) is 4.69. The van der Waals surface area contributed by atoms with Crippen LogP contribution >= 0.6 is 11.6 Å². The fourth-order valence-electron chi connectivity index (χ4n) is 3.06. The zero-order valence-corrected chi connectivity index (χ0v) is 19.9. The van der Waals surface area contributed by atoms with Crippen molar-refractivity contribution in [2.45, 2.75) is 11.8 Å². The molecule has 0 saturated heterocycles. The zero-order chi connectivity index (χ0) is 23.8. The van der Waals surface area contributed by atoms with E-state index in [0.717, 1.165) is 9.87 Å². The third kappa shape index (κ3) is 6.18. The van der Waals surface area contributed by atoms with Gasteiger partial charge in [0.1, 0.15) is 24.7 Å². The minimum absolute atomic E-state index is 0.0725. The Morgan fingerprint density at radius 1 is 1.03 bits per heavy atom. The van der Waals surface area contributed by atoms with E-state index in [2.05, 4.69) is 5.32 Å². The first-order valence-electron chi connectivity index (χ1n) is 10.2. The minimum Gasteiger partial charge on any atom is -0.495 e. The third-order valence-electron chi connectivity index (χ3n) is 4.81. The highest BCUT2D eigenvalue weighted by Crippen LogP contribution is 2.32. The molecule has 3 aromatic rings. The molecular weight excluding hydrogens is 464 g/mol. The maximum atomic E-state index is 13.4. The van der Waals surface area contributed by atoms with Gasteiger partial charge in [-0.1, -0.05) is 48.0 Å². The first kappa shape index (κ1) is 24.4. The second-order valence-electron chi connectivity index (χ2n) is 7.11. The van der Waals surface area contributed by atoms with Crippen molar-refractivity contribution < 1.29 is 22.7 Å². The summed E-state index contributed by atoms with van der Waals surface area (Å²) in [7, 11) is -2.57. The summed E-state index contributed by atoms with van der Waals surface area (Å²) in [6.07, 6.45) is 0. The van der Waals surface area contributed by atoms with Crippen molar-refractivity contribution >= 4 is 33.2 Å². The molecule has 1 amide bonds. The number of benzene rings is 3. The van der Waals surface area contributed by atoms with Crippen molar-refractivity contribution in [3.63, 3.8) is 0 Å². The van der Waals surface area contributed by atoms with Crippen LogP contribution in [-0.2, 0) is 14.8 Å². The van der Waals surface area contributed by atoms with Crippen molar-refractivity contribution in [1.82, 2.24) is 5.32 Å². The largest absolute Gasteiger partial charge is 0.495 e. The van der Waals surface area contributed by atoms with Gasteiger partial charge in [-0.3, -0.25) is 9.10 Å². The van der Waals surface area contributed by atoms with Crippen molar-refractivity contribution in [3.8, 4) is 11.5 Å². The van der Waals surface area contributed by atoms with Gasteiger partial charge in [-0.2, -0.15) is 0 Å². The molecule has 33 heavy (non-hydrogen) atoms. The van der Waals surface area contributed by atoms with Gasteiger partial charge in [0.25, 0.3) is 10.0 Å². The summed E-state index contributed by atoms with van der Waals surface area (Å²) >= 11 is 6.09. The topological polar surface area (TPSA) is 84.9 Å². The lowest BCUT2D eigenvalue weighted by Gasteiger charge is -2.25. The van der Waals surface area contributed by atoms with Gasteiger partial charge in [-0.15, -0.1) is 0 Å². The summed E-state index contributed by atoms with van der Waals surface area (Å²) in [6, 6.07) is 19.9. The number of hydrogen-bond acceptors (Lipinski definition) is 5. The lowest BCUT2D eigenvalue weighted by molar-refractivity contribution is -0.119. The Balaban J connectivity index is 1.72. The molecule has 0 radical (unpaired) electrons. The SMILES string of the molecule is COc1ccccc1N(CC(=O)NCCOc1ccc(C)c(Cl)c1)S(=O)(=O)c1ccccc1. The van der Waals surface area contributed by atoms with E-state index in [0.29, 0.717) is 16.5 Å². The Morgan fingerprint density at radius 3 is 2.42 bits per heavy atom. The number of halogens is 1. The summed E-state index contributed by atoms with van der Waals surface area (Å²) in [6.45, 7) is 1.86. The number of anilines is 1. The second kappa shape index (κ2) is 11.1. The van der Waals surface area contributed by atoms with Crippen LogP contribution in [0.15, 0.2) is 77.7 Å². The van der Waals surface area contributed by atoms with Gasteiger partial charge in [-0.25, -0.2) is 8.42 Å². The maximum absolute atomic E-state index is 13.4. The molecule has 0 heterocycles. The molecule has 7 nitrogen and oxygen atoms in total. The first-order chi connectivity index (χ1) is 15.8. The smallest absolute Gasteiger partial charge is 0.264 e. The lowest BCUT2D eigenvalue weighted by Crippen LogP contribution is -2.42. The Bertz CT molecular complexity index is 1200. The third-order valence-corrected chi connectivity index (χ3v) is 6.99. The number of nitrogens with one attached hydrogen (secondary N) is 1. The molecule has 0 fully saturated rings. The molecule has 174 valence electrons. The van der Waals surface area contributed by atoms with Gasteiger partial charge >= 0.3 is 0 Å². The molecule has 3 rings (SSSR count). The van der Waals surface area contributed by atoms with Crippen LogP contribution in [0, 0.1) is 6.92 Å². The Kier molecular flexibility index (Phi) is 8.19. The summed E-state index contributed by atoms with van der Waals surface area (Å²) in [5.74, 6) is 0.442. The predicted molar refractivity (Wildman–Crippen MR) is 129 cm³/mol. The number of methoxy groups -OCH3 is 1. The number of carbonyl (C=O) groups excluding carboxylic acids is 1. The van der Waals surface area contributed by atoms with Crippen molar-refractivity contribution in [2.24, 2.45) is 0 Å². The Labute approximate surface area is 198 Å². The van der Waals surface area contributed by atoms with Crippen LogP contribution in [0.25, 0.3) is 0 Å². The average molecular weight is 489 g/mol. The van der Waals surface area contributed by atoms with E-state index in [4.69, 9.17) is 21.1 Å². The molecule has 1 N–H and O–H groups in total. The number of carbonyl (C=O) groups is 1. The normalized spacial score (nSPS) is 11.0. The summed E-state index contributed by atoms with van der Waals surface area (Å²) in [4.78, 5) is 12.8. The zero-order valence-electron chi connectivity index (χ0n) is 18.3. The molecule has 0 atom stereocenters. The second-order valence-corrected chi connectivity index (χ2v) is 9.38. The van der Waals surface area contributed by atoms with E-state index in [1.165, 1.54) is 19.2 Å². The van der Waals surface area contributed by atoms with Gasteiger partial charge in [0, 0.05) is 5.02 Å². The number of amides is 1. The highest BCUT2D eigenvalue weighted by atomic mass is 35.5. The molecular formula is C24H25ClN2O5S. The van der Waals surface area contributed by atoms with Crippen LogP contribution in [0.4, 0.5) is 5.69 Å². The molecule has 0 aliphatic heterocycles. The highest BCUT2D eigenvalue weighted by Gasteiger charge is 2.29. The van der Waals surface area contributed by atoms with E-state index in [1.54, 1.807) is 54.6 Å². The number of ether oxygens (including phenoxy) is 2. The van der Waals surface area contributed by atoms with Crippen molar-refractivity contribution in [2.75, 3.05) is 31.1 Å². The number of sulfonamides is 1. The van der Waals surface area contributed by atoms with Gasteiger partial charge < -0.3 is 14.8 Å². The molecule has 0 saturated carbocycles. The standard InChI is InChI=1S/C24H25ClN2O5S/c1-18-12-13-19(16-21(18)25)32-15-14-26-24(28)17-27(22-10-6-7-11-23(22)31-2)33(29,30)20-8-4-3-5-9-20/h3-13,16H,14-15,17H2,1-2H3,(H,26,28). The Morgan fingerprint density at radius 2 is 1.73 bits per heavy atom. The van der Waals surface area contributed by atoms with Gasteiger partial charge in [-0.05, 0) is 48.9 Å². The summed E-state index contributed by atoms with van der Waals surface area (Å²) in [5, 5.41) is 3.29. The molecule has 0 spiro atoms. The first-order valence-corrected chi connectivity index (χ1v) is 12.0. The average Bonchev–Trinajstić information content (AvgIpc) is 2.83. The molecule has 0 aliphatic rings. The molecule has 0 aliphatic carbocycles. The van der Waals surface area contributed by atoms with Crippen molar-refractivity contribution in [3.05, 3.63) is 83.4 Å². The number of rotatable bonds is 10. The predicted octanol–water partition coefficient (Wildman–Crippen LogP) is 4.05. The molecule has 0 bridgehead atoms. The number of nitrogens with zero attached hydrogens (tertiary/aromatic N) is 1. The molecule has 0 aromatic heterocycles.